The molecule has 0 bridgehead atoms. The fourth-order valence-corrected chi connectivity index (χ4v) is 3.66. The number of benzene rings is 2. The van der Waals surface area contributed by atoms with Crippen molar-refractivity contribution in [1.82, 2.24) is 25.2 Å². The third-order valence-corrected chi connectivity index (χ3v) is 5.65. The second kappa shape index (κ2) is 10.7. The van der Waals surface area contributed by atoms with E-state index in [1.165, 1.54) is 18.3 Å². The zero-order valence-electron chi connectivity index (χ0n) is 18.0. The number of aryl methyl sites for hydroxylation is 1. The van der Waals surface area contributed by atoms with Crippen LogP contribution in [0.5, 0.6) is 0 Å². The van der Waals surface area contributed by atoms with Gasteiger partial charge >= 0.3 is 0 Å². The smallest absolute Gasteiger partial charge is 0.179 e. The van der Waals surface area contributed by atoms with E-state index in [2.05, 4.69) is 20.5 Å². The highest BCUT2D eigenvalue weighted by atomic mass is 35.5. The molecule has 0 aliphatic heterocycles. The Morgan fingerprint density at radius 2 is 1.55 bits per heavy atom. The molecule has 0 saturated heterocycles. The minimum atomic E-state index is -0.383. The highest BCUT2D eigenvalue weighted by molar-refractivity contribution is 6.31. The van der Waals surface area contributed by atoms with Crippen molar-refractivity contribution in [2.75, 3.05) is 0 Å². The molecule has 0 saturated carbocycles. The quantitative estimate of drug-likeness (QED) is 0.251. The van der Waals surface area contributed by atoms with Crippen molar-refractivity contribution in [2.24, 2.45) is 5.84 Å². The maximum absolute atomic E-state index is 14.1. The third kappa shape index (κ3) is 5.77. The molecule has 4 aromatic rings. The van der Waals surface area contributed by atoms with E-state index < -0.39 is 0 Å². The molecule has 174 valence electrons. The Morgan fingerprint density at radius 1 is 0.970 bits per heavy atom. The summed E-state index contributed by atoms with van der Waals surface area (Å²) in [6, 6.07) is 8.52. The van der Waals surface area contributed by atoms with Crippen LogP contribution in [0.1, 0.15) is 42.8 Å². The van der Waals surface area contributed by atoms with E-state index >= 15 is 0 Å². The molecule has 0 aliphatic carbocycles. The van der Waals surface area contributed by atoms with Crippen molar-refractivity contribution >= 4 is 46.0 Å². The Morgan fingerprint density at radius 3 is 2.09 bits per heavy atom. The second-order valence-electron chi connectivity index (χ2n) is 7.29. The molecule has 33 heavy (non-hydrogen) atoms. The SMILES string of the molecule is CC(NN)c1ccc(Cl)cc1F.Cc1nn([C@H](C)c2ccc(Cl)cc2F)c2nc(Cl)cnc12. The van der Waals surface area contributed by atoms with Crippen LogP contribution >= 0.6 is 34.8 Å². The Labute approximate surface area is 204 Å². The third-order valence-electron chi connectivity index (χ3n) is 5.00. The molecule has 6 nitrogen and oxygen atoms in total. The molecule has 0 aliphatic rings. The lowest BCUT2D eigenvalue weighted by molar-refractivity contribution is 0.528. The largest absolute Gasteiger partial charge is 0.271 e. The highest BCUT2D eigenvalue weighted by Gasteiger charge is 2.19. The van der Waals surface area contributed by atoms with Gasteiger partial charge in [0.2, 0.25) is 0 Å². The second-order valence-corrected chi connectivity index (χ2v) is 8.55. The molecule has 0 amide bonds. The number of hydrogen-bond acceptors (Lipinski definition) is 5. The standard InChI is InChI=1S/C14H11Cl2FN4.C8H10ClFN2/c1-7-13-14(19-12(16)6-18-13)21(20-7)8(2)10-4-3-9(15)5-11(10)17;1-5(12-11)7-3-2-6(9)4-8(7)10/h3-6,8H,1-2H3;2-5,12H,11H2,1H3/t8-;/m1./s1. The fourth-order valence-electron chi connectivity index (χ4n) is 3.21. The predicted octanol–water partition coefficient (Wildman–Crippen LogP) is 6.19. The first-order valence-electron chi connectivity index (χ1n) is 9.85. The molecule has 2 heterocycles. The average molecular weight is 514 g/mol. The zero-order valence-corrected chi connectivity index (χ0v) is 20.2. The van der Waals surface area contributed by atoms with Crippen LogP contribution in [-0.2, 0) is 0 Å². The Balaban J connectivity index is 0.000000218. The average Bonchev–Trinajstić information content (AvgIpc) is 3.09. The lowest BCUT2D eigenvalue weighted by Gasteiger charge is -2.14. The first-order valence-corrected chi connectivity index (χ1v) is 11.0. The van der Waals surface area contributed by atoms with Gasteiger partial charge in [0.25, 0.3) is 0 Å². The van der Waals surface area contributed by atoms with E-state index in [9.17, 15) is 8.78 Å². The molecule has 0 fully saturated rings. The zero-order chi connectivity index (χ0) is 24.3. The van der Waals surface area contributed by atoms with Crippen molar-refractivity contribution in [3.05, 3.63) is 86.2 Å². The molecule has 0 spiro atoms. The number of hydrogen-bond donors (Lipinski definition) is 2. The molecule has 1 unspecified atom stereocenters. The summed E-state index contributed by atoms with van der Waals surface area (Å²) in [6.45, 7) is 5.43. The van der Waals surface area contributed by atoms with Crippen LogP contribution in [0.25, 0.3) is 11.2 Å². The Bertz CT molecular complexity index is 1280. The number of fused-ring (bicyclic) bond motifs is 1. The van der Waals surface area contributed by atoms with E-state index in [-0.39, 0.29) is 28.9 Å². The van der Waals surface area contributed by atoms with Crippen LogP contribution in [0, 0.1) is 18.6 Å². The minimum Gasteiger partial charge on any atom is -0.271 e. The Hall–Kier alpha value is -2.36. The van der Waals surface area contributed by atoms with E-state index in [1.807, 2.05) is 13.8 Å². The number of hydrazine groups is 1. The molecular formula is C22H21Cl3F2N6. The topological polar surface area (TPSA) is 81.6 Å². The molecular weight excluding hydrogens is 493 g/mol. The number of nitrogens with zero attached hydrogens (tertiary/aromatic N) is 4. The van der Waals surface area contributed by atoms with Crippen LogP contribution < -0.4 is 11.3 Å². The van der Waals surface area contributed by atoms with Gasteiger partial charge in [0, 0.05) is 27.2 Å². The summed E-state index contributed by atoms with van der Waals surface area (Å²) in [5.41, 5.74) is 5.35. The molecule has 3 N–H and O–H groups in total. The van der Waals surface area contributed by atoms with Crippen molar-refractivity contribution in [1.29, 1.82) is 0 Å². The summed E-state index contributed by atoms with van der Waals surface area (Å²) in [6.07, 6.45) is 1.47. The number of nitrogens with one attached hydrogen (secondary N) is 1. The Kier molecular flexibility index (Phi) is 8.20. The summed E-state index contributed by atoms with van der Waals surface area (Å²) in [4.78, 5) is 8.47. The van der Waals surface area contributed by atoms with Gasteiger partial charge in [-0.3, -0.25) is 11.3 Å². The number of halogens is 5. The lowest BCUT2D eigenvalue weighted by atomic mass is 10.1. The molecule has 4 rings (SSSR count). The van der Waals surface area contributed by atoms with Gasteiger partial charge in [-0.25, -0.2) is 23.4 Å². The number of nitrogens with two attached hydrogens (primary N) is 1. The van der Waals surface area contributed by atoms with E-state index in [0.29, 0.717) is 32.3 Å². The van der Waals surface area contributed by atoms with Gasteiger partial charge in [-0.15, -0.1) is 0 Å². The van der Waals surface area contributed by atoms with Crippen molar-refractivity contribution < 1.29 is 8.78 Å². The van der Waals surface area contributed by atoms with Gasteiger partial charge < -0.3 is 0 Å². The summed E-state index contributed by atoms with van der Waals surface area (Å²) < 4.78 is 28.8. The minimum absolute atomic E-state index is 0.206. The normalized spacial score (nSPS) is 12.9. The summed E-state index contributed by atoms with van der Waals surface area (Å²) in [5.74, 6) is 4.44. The van der Waals surface area contributed by atoms with Crippen molar-refractivity contribution in [2.45, 2.75) is 32.9 Å². The monoisotopic (exact) mass is 512 g/mol. The van der Waals surface area contributed by atoms with Crippen LogP contribution in [0.15, 0.2) is 42.6 Å². The summed E-state index contributed by atoms with van der Waals surface area (Å²) in [5, 5.41) is 5.42. The molecule has 2 aromatic carbocycles. The van der Waals surface area contributed by atoms with E-state index in [1.54, 1.807) is 35.9 Å². The summed E-state index contributed by atoms with van der Waals surface area (Å²) >= 11 is 17.3. The van der Waals surface area contributed by atoms with Gasteiger partial charge in [0.05, 0.1) is 17.9 Å². The van der Waals surface area contributed by atoms with E-state index in [4.69, 9.17) is 40.6 Å². The molecule has 11 heteroatoms. The van der Waals surface area contributed by atoms with Gasteiger partial charge in [0.15, 0.2) is 5.65 Å². The van der Waals surface area contributed by atoms with Crippen LogP contribution in [0.2, 0.25) is 15.2 Å². The maximum atomic E-state index is 14.1. The van der Waals surface area contributed by atoms with E-state index in [0.717, 1.165) is 5.69 Å². The van der Waals surface area contributed by atoms with Gasteiger partial charge in [-0.2, -0.15) is 5.10 Å². The summed E-state index contributed by atoms with van der Waals surface area (Å²) in [7, 11) is 0. The molecule has 2 atom stereocenters. The van der Waals surface area contributed by atoms with Crippen molar-refractivity contribution in [3.8, 4) is 0 Å². The van der Waals surface area contributed by atoms with Crippen molar-refractivity contribution in [3.63, 3.8) is 0 Å². The first-order chi connectivity index (χ1) is 15.6. The fraction of sp³-hybridized carbons (Fsp3) is 0.227. The predicted molar refractivity (Wildman–Crippen MR) is 127 cm³/mol. The van der Waals surface area contributed by atoms with Crippen LogP contribution in [0.4, 0.5) is 8.78 Å². The van der Waals surface area contributed by atoms with Crippen LogP contribution in [-0.4, -0.2) is 19.7 Å². The lowest BCUT2D eigenvalue weighted by Crippen LogP contribution is -2.26. The maximum Gasteiger partial charge on any atom is 0.179 e. The number of aromatic nitrogens is 4. The van der Waals surface area contributed by atoms with Crippen LogP contribution in [0.3, 0.4) is 0 Å². The van der Waals surface area contributed by atoms with Gasteiger partial charge in [0.1, 0.15) is 22.3 Å². The highest BCUT2D eigenvalue weighted by Crippen LogP contribution is 2.27. The van der Waals surface area contributed by atoms with Gasteiger partial charge in [-0.05, 0) is 45.0 Å². The molecule has 2 aromatic heterocycles. The van der Waals surface area contributed by atoms with Gasteiger partial charge in [-0.1, -0.05) is 46.9 Å². The first kappa shape index (κ1) is 25.3. The molecule has 0 radical (unpaired) electrons. The number of rotatable bonds is 4.